The molecule has 0 unspecified atom stereocenters. The highest BCUT2D eigenvalue weighted by atomic mass is 16.3. The zero-order valence-electron chi connectivity index (χ0n) is 19.8. The summed E-state index contributed by atoms with van der Waals surface area (Å²) in [6, 6.07) is 9.68. The molecule has 0 bridgehead atoms. The number of carbonyl (C=O) groups is 3. The van der Waals surface area contributed by atoms with Crippen LogP contribution in [0.2, 0.25) is 0 Å². The standard InChI is InChI=1S/C26H31N5O4/c32-20-12-22-24(34)30(10-4-9-29-8-3-7-23(29)33)25(35)26(31(22)15-20)16-28(17-26)14-18-11-19-5-1-2-6-21(19)27-13-18/h1-2,5-6,11,13,20,22,32H,3-4,7-10,12,14-17H2/t20-,22+/m1/s1. The van der Waals surface area contributed by atoms with E-state index in [1.165, 1.54) is 4.90 Å². The van der Waals surface area contributed by atoms with Gasteiger partial charge in [0, 0.05) is 63.8 Å². The molecule has 0 radical (unpaired) electrons. The molecule has 35 heavy (non-hydrogen) atoms. The number of fused-ring (bicyclic) bond motifs is 3. The number of imide groups is 1. The second kappa shape index (κ2) is 8.65. The van der Waals surface area contributed by atoms with Gasteiger partial charge < -0.3 is 10.0 Å². The number of aliphatic hydroxyl groups excluding tert-OH is 1. The molecule has 1 N–H and O–H groups in total. The third-order valence-corrected chi connectivity index (χ3v) is 8.03. The van der Waals surface area contributed by atoms with Gasteiger partial charge in [-0.3, -0.25) is 34.1 Å². The molecule has 2 atom stereocenters. The van der Waals surface area contributed by atoms with Crippen molar-refractivity contribution in [3.05, 3.63) is 42.1 Å². The maximum Gasteiger partial charge on any atom is 0.252 e. The van der Waals surface area contributed by atoms with E-state index < -0.39 is 17.7 Å². The molecular formula is C26H31N5O4. The molecule has 0 aliphatic carbocycles. The molecule has 184 valence electrons. The monoisotopic (exact) mass is 477 g/mol. The van der Waals surface area contributed by atoms with Gasteiger partial charge in [0.05, 0.1) is 17.7 Å². The minimum atomic E-state index is -0.774. The Balaban J connectivity index is 1.16. The third-order valence-electron chi connectivity index (χ3n) is 8.03. The number of pyridine rings is 1. The van der Waals surface area contributed by atoms with Crippen molar-refractivity contribution in [3.8, 4) is 0 Å². The van der Waals surface area contributed by atoms with Gasteiger partial charge in [-0.05, 0) is 37.0 Å². The molecule has 4 aliphatic heterocycles. The highest BCUT2D eigenvalue weighted by molar-refractivity contribution is 6.06. The van der Waals surface area contributed by atoms with E-state index in [0.717, 1.165) is 29.4 Å². The van der Waals surface area contributed by atoms with Crippen LogP contribution in [0.1, 0.15) is 31.2 Å². The Kier molecular flexibility index (Phi) is 5.58. The quantitative estimate of drug-likeness (QED) is 0.609. The number of rotatable bonds is 6. The number of benzene rings is 1. The van der Waals surface area contributed by atoms with Crippen LogP contribution in [0.15, 0.2) is 36.5 Å². The molecule has 0 saturated carbocycles. The molecule has 9 heteroatoms. The van der Waals surface area contributed by atoms with Crippen LogP contribution < -0.4 is 0 Å². The summed E-state index contributed by atoms with van der Waals surface area (Å²) in [7, 11) is 0. The van der Waals surface area contributed by atoms with Gasteiger partial charge in [-0.2, -0.15) is 0 Å². The van der Waals surface area contributed by atoms with Gasteiger partial charge >= 0.3 is 0 Å². The lowest BCUT2D eigenvalue weighted by Gasteiger charge is -2.58. The lowest BCUT2D eigenvalue weighted by atomic mass is 9.82. The first-order valence-corrected chi connectivity index (χ1v) is 12.6. The summed E-state index contributed by atoms with van der Waals surface area (Å²) in [5, 5.41) is 11.5. The minimum absolute atomic E-state index is 0.153. The van der Waals surface area contributed by atoms with E-state index in [1.54, 1.807) is 0 Å². The molecule has 4 fully saturated rings. The van der Waals surface area contributed by atoms with Gasteiger partial charge in [0.15, 0.2) is 0 Å². The number of likely N-dealkylation sites (tertiary alicyclic amines) is 2. The summed E-state index contributed by atoms with van der Waals surface area (Å²) in [6.07, 6.45) is 3.69. The highest BCUT2D eigenvalue weighted by Crippen LogP contribution is 2.41. The zero-order chi connectivity index (χ0) is 24.2. The summed E-state index contributed by atoms with van der Waals surface area (Å²) in [5.74, 6) is -0.212. The fourth-order valence-electron chi connectivity index (χ4n) is 6.33. The van der Waals surface area contributed by atoms with Crippen molar-refractivity contribution in [2.75, 3.05) is 39.3 Å². The van der Waals surface area contributed by atoms with Crippen molar-refractivity contribution in [2.45, 2.75) is 49.9 Å². The Morgan fingerprint density at radius 2 is 1.94 bits per heavy atom. The number of carbonyl (C=O) groups excluding carboxylic acids is 3. The van der Waals surface area contributed by atoms with Crippen LogP contribution in [0.5, 0.6) is 0 Å². The van der Waals surface area contributed by atoms with Crippen LogP contribution in [0.3, 0.4) is 0 Å². The lowest BCUT2D eigenvalue weighted by molar-refractivity contribution is -0.180. The van der Waals surface area contributed by atoms with Crippen LogP contribution in [-0.4, -0.2) is 104 Å². The van der Waals surface area contributed by atoms with Gasteiger partial charge in [0.1, 0.15) is 5.54 Å². The summed E-state index contributed by atoms with van der Waals surface area (Å²) in [4.78, 5) is 50.8. The number of hydrogen-bond acceptors (Lipinski definition) is 7. The third kappa shape index (κ3) is 3.82. The van der Waals surface area contributed by atoms with Crippen molar-refractivity contribution in [3.63, 3.8) is 0 Å². The van der Waals surface area contributed by atoms with Crippen LogP contribution in [0.4, 0.5) is 0 Å². The van der Waals surface area contributed by atoms with E-state index in [9.17, 15) is 19.5 Å². The predicted molar refractivity (Wildman–Crippen MR) is 128 cm³/mol. The number of nitrogens with zero attached hydrogens (tertiary/aromatic N) is 5. The van der Waals surface area contributed by atoms with E-state index in [-0.39, 0.29) is 17.7 Å². The number of amides is 3. The summed E-state index contributed by atoms with van der Waals surface area (Å²) in [6.45, 7) is 3.72. The van der Waals surface area contributed by atoms with Crippen molar-refractivity contribution < 1.29 is 19.5 Å². The maximum atomic E-state index is 13.7. The van der Waals surface area contributed by atoms with Gasteiger partial charge in [-0.15, -0.1) is 0 Å². The molecule has 1 spiro atoms. The van der Waals surface area contributed by atoms with Crippen molar-refractivity contribution in [1.82, 2.24) is 24.6 Å². The Hall–Kier alpha value is -2.88. The molecule has 5 heterocycles. The fraction of sp³-hybridized carbons (Fsp3) is 0.538. The topological polar surface area (TPSA) is 97.3 Å². The minimum Gasteiger partial charge on any atom is -0.392 e. The number of aromatic nitrogens is 1. The first-order chi connectivity index (χ1) is 16.9. The predicted octanol–water partition coefficient (Wildman–Crippen LogP) is 0.606. The van der Waals surface area contributed by atoms with Crippen LogP contribution >= 0.6 is 0 Å². The molecule has 9 nitrogen and oxygen atoms in total. The second-order valence-corrected chi connectivity index (χ2v) is 10.4. The number of para-hydroxylation sites is 1. The molecule has 3 amide bonds. The smallest absolute Gasteiger partial charge is 0.252 e. The molecular weight excluding hydrogens is 446 g/mol. The first-order valence-electron chi connectivity index (χ1n) is 12.6. The number of piperazine rings is 1. The Bertz CT molecular complexity index is 1180. The Morgan fingerprint density at radius 1 is 1.11 bits per heavy atom. The largest absolute Gasteiger partial charge is 0.392 e. The van der Waals surface area contributed by atoms with Crippen molar-refractivity contribution in [2.24, 2.45) is 0 Å². The van der Waals surface area contributed by atoms with E-state index in [2.05, 4.69) is 16.0 Å². The van der Waals surface area contributed by atoms with Gasteiger partial charge in [0.25, 0.3) is 5.91 Å². The maximum absolute atomic E-state index is 13.7. The van der Waals surface area contributed by atoms with E-state index in [0.29, 0.717) is 58.5 Å². The average Bonchev–Trinajstić information content (AvgIpc) is 3.42. The van der Waals surface area contributed by atoms with Crippen LogP contribution in [0, 0.1) is 0 Å². The molecule has 4 aliphatic rings. The summed E-state index contributed by atoms with van der Waals surface area (Å²) in [5.41, 5.74) is 1.27. The van der Waals surface area contributed by atoms with Crippen LogP contribution in [-0.2, 0) is 20.9 Å². The SMILES string of the molecule is O=C1CCCN1CCCN1C(=O)[C@@H]2C[C@@H](O)CN2C2(CN(Cc3cnc4ccccc4c3)C2)C1=O. The Labute approximate surface area is 204 Å². The highest BCUT2D eigenvalue weighted by Gasteiger charge is 2.64. The van der Waals surface area contributed by atoms with Gasteiger partial charge in [0.2, 0.25) is 11.8 Å². The Morgan fingerprint density at radius 3 is 2.74 bits per heavy atom. The molecule has 4 saturated heterocycles. The molecule has 6 rings (SSSR count). The first kappa shape index (κ1) is 22.6. The molecule has 1 aromatic carbocycles. The van der Waals surface area contributed by atoms with Crippen molar-refractivity contribution >= 4 is 28.6 Å². The zero-order valence-corrected chi connectivity index (χ0v) is 19.8. The number of aliphatic hydroxyl groups is 1. The number of β-amino-alcohol motifs (C(OH)–C–C–N with tert-alkyl or cyclic N) is 1. The van der Waals surface area contributed by atoms with Gasteiger partial charge in [-0.25, -0.2) is 0 Å². The van der Waals surface area contributed by atoms with E-state index in [1.807, 2.05) is 40.3 Å². The lowest BCUT2D eigenvalue weighted by Crippen LogP contribution is -2.81. The van der Waals surface area contributed by atoms with E-state index >= 15 is 0 Å². The molecule has 2 aromatic rings. The summed E-state index contributed by atoms with van der Waals surface area (Å²) >= 11 is 0. The average molecular weight is 478 g/mol. The van der Waals surface area contributed by atoms with E-state index in [4.69, 9.17) is 0 Å². The summed E-state index contributed by atoms with van der Waals surface area (Å²) < 4.78 is 0. The fourth-order valence-corrected chi connectivity index (χ4v) is 6.33. The van der Waals surface area contributed by atoms with Gasteiger partial charge in [-0.1, -0.05) is 18.2 Å². The normalized spacial score (nSPS) is 26.7. The second-order valence-electron chi connectivity index (χ2n) is 10.4. The van der Waals surface area contributed by atoms with Crippen molar-refractivity contribution in [1.29, 1.82) is 0 Å². The molecule has 1 aromatic heterocycles. The number of hydrogen-bond donors (Lipinski definition) is 1. The van der Waals surface area contributed by atoms with Crippen LogP contribution in [0.25, 0.3) is 10.9 Å².